The van der Waals surface area contributed by atoms with Gasteiger partial charge in [0.25, 0.3) is 5.91 Å². The normalized spacial score (nSPS) is 16.4. The number of benzene rings is 2. The predicted octanol–water partition coefficient (Wildman–Crippen LogP) is 4.31. The molecule has 33 heavy (non-hydrogen) atoms. The van der Waals surface area contributed by atoms with Crippen LogP contribution in [0.3, 0.4) is 0 Å². The second kappa shape index (κ2) is 8.15. The molecule has 0 N–H and O–H groups in total. The van der Waals surface area contributed by atoms with Crippen molar-refractivity contribution < 1.29 is 4.79 Å². The summed E-state index contributed by atoms with van der Waals surface area (Å²) in [6.45, 7) is 2.70. The van der Waals surface area contributed by atoms with Crippen molar-refractivity contribution in [3.05, 3.63) is 77.2 Å². The van der Waals surface area contributed by atoms with Gasteiger partial charge in [0.15, 0.2) is 5.65 Å². The van der Waals surface area contributed by atoms with Crippen molar-refractivity contribution >= 4 is 34.4 Å². The summed E-state index contributed by atoms with van der Waals surface area (Å²) in [6, 6.07) is 17.1. The van der Waals surface area contributed by atoms with Crippen molar-refractivity contribution in [2.75, 3.05) is 31.1 Å². The highest BCUT2D eigenvalue weighted by Crippen LogP contribution is 2.40. The number of anilines is 1. The molecule has 2 fully saturated rings. The number of aromatic nitrogens is 4. The van der Waals surface area contributed by atoms with Gasteiger partial charge in [0.05, 0.1) is 17.3 Å². The van der Waals surface area contributed by atoms with Gasteiger partial charge < -0.3 is 9.80 Å². The lowest BCUT2D eigenvalue weighted by molar-refractivity contribution is 0.0746. The molecule has 0 bridgehead atoms. The Kier molecular flexibility index (Phi) is 4.99. The van der Waals surface area contributed by atoms with Crippen LogP contribution >= 0.6 is 11.6 Å². The summed E-state index contributed by atoms with van der Waals surface area (Å²) in [7, 11) is 0. The van der Waals surface area contributed by atoms with Gasteiger partial charge in [-0.05, 0) is 49.2 Å². The molecule has 0 atom stereocenters. The molecule has 4 aromatic rings. The van der Waals surface area contributed by atoms with E-state index in [1.807, 2.05) is 46.1 Å². The minimum atomic E-state index is 0.0368. The summed E-state index contributed by atoms with van der Waals surface area (Å²) in [5.41, 5.74) is 2.49. The van der Waals surface area contributed by atoms with Gasteiger partial charge in [-0.25, -0.2) is 14.6 Å². The zero-order valence-corrected chi connectivity index (χ0v) is 18.8. The lowest BCUT2D eigenvalue weighted by Crippen LogP contribution is -2.49. The Morgan fingerprint density at radius 3 is 2.33 bits per heavy atom. The van der Waals surface area contributed by atoms with Crippen molar-refractivity contribution in [1.82, 2.24) is 24.6 Å². The fourth-order valence-electron chi connectivity index (χ4n) is 4.33. The van der Waals surface area contributed by atoms with E-state index in [1.165, 1.54) is 0 Å². The number of piperazine rings is 1. The van der Waals surface area contributed by atoms with Gasteiger partial charge >= 0.3 is 0 Å². The highest BCUT2D eigenvalue weighted by Gasteiger charge is 2.31. The van der Waals surface area contributed by atoms with Crippen LogP contribution in [-0.4, -0.2) is 56.7 Å². The first-order chi connectivity index (χ1) is 16.2. The number of carbonyl (C=O) groups excluding carboxylic acids is 1. The third-order valence-corrected chi connectivity index (χ3v) is 6.58. The molecule has 8 heteroatoms. The van der Waals surface area contributed by atoms with E-state index in [0.717, 1.165) is 41.2 Å². The van der Waals surface area contributed by atoms with Gasteiger partial charge in [0, 0.05) is 42.7 Å². The Labute approximate surface area is 196 Å². The third kappa shape index (κ3) is 3.82. The Hall–Kier alpha value is -3.45. The van der Waals surface area contributed by atoms with Gasteiger partial charge in [-0.3, -0.25) is 4.79 Å². The molecule has 1 saturated heterocycles. The lowest BCUT2D eigenvalue weighted by Gasteiger charge is -2.35. The van der Waals surface area contributed by atoms with E-state index in [1.54, 1.807) is 24.3 Å². The first-order valence-corrected chi connectivity index (χ1v) is 11.7. The number of carbonyl (C=O) groups is 1. The summed E-state index contributed by atoms with van der Waals surface area (Å²) in [5.74, 6) is 2.28. The Bertz CT molecular complexity index is 1310. The number of para-hydroxylation sites is 1. The van der Waals surface area contributed by atoms with E-state index in [-0.39, 0.29) is 5.91 Å². The second-order valence-electron chi connectivity index (χ2n) is 8.60. The van der Waals surface area contributed by atoms with Crippen LogP contribution in [0.2, 0.25) is 5.02 Å². The van der Waals surface area contributed by atoms with Crippen LogP contribution in [0.5, 0.6) is 0 Å². The predicted molar refractivity (Wildman–Crippen MR) is 128 cm³/mol. The van der Waals surface area contributed by atoms with Gasteiger partial charge in [-0.15, -0.1) is 0 Å². The van der Waals surface area contributed by atoms with Crippen molar-refractivity contribution in [2.24, 2.45) is 0 Å². The van der Waals surface area contributed by atoms with E-state index in [0.29, 0.717) is 42.7 Å². The maximum atomic E-state index is 12.9. The Balaban J connectivity index is 1.29. The fraction of sp³-hybridized carbons (Fsp3) is 0.280. The maximum Gasteiger partial charge on any atom is 0.253 e. The van der Waals surface area contributed by atoms with Crippen LogP contribution < -0.4 is 4.90 Å². The molecule has 1 aliphatic heterocycles. The van der Waals surface area contributed by atoms with E-state index in [9.17, 15) is 4.79 Å². The SMILES string of the molecule is O=C(c1ccc(Cl)cc1)N1CCN(c2nc(C3CC3)nc3c2cnn3-c2ccccc2)CC1. The smallest absolute Gasteiger partial charge is 0.253 e. The summed E-state index contributed by atoms with van der Waals surface area (Å²) in [6.07, 6.45) is 4.13. The number of nitrogens with zero attached hydrogens (tertiary/aromatic N) is 6. The fourth-order valence-corrected chi connectivity index (χ4v) is 4.46. The van der Waals surface area contributed by atoms with Crippen molar-refractivity contribution in [2.45, 2.75) is 18.8 Å². The largest absolute Gasteiger partial charge is 0.352 e. The molecule has 0 radical (unpaired) electrons. The number of amides is 1. The van der Waals surface area contributed by atoms with Gasteiger partial charge in [0.1, 0.15) is 11.6 Å². The molecule has 1 aliphatic carbocycles. The summed E-state index contributed by atoms with van der Waals surface area (Å²) in [4.78, 5) is 26.9. The minimum absolute atomic E-state index is 0.0368. The van der Waals surface area contributed by atoms with Crippen LogP contribution in [0.25, 0.3) is 16.7 Å². The van der Waals surface area contributed by atoms with Crippen LogP contribution in [0.1, 0.15) is 34.9 Å². The quantitative estimate of drug-likeness (QED) is 0.456. The standard InChI is InChI=1S/C25H23ClN6O/c26-19-10-8-18(9-11-19)25(33)31-14-12-30(13-15-31)23-21-16-27-32(20-4-2-1-3-5-20)24(21)29-22(28-23)17-6-7-17/h1-5,8-11,16-17H,6-7,12-15H2. The monoisotopic (exact) mass is 458 g/mol. The third-order valence-electron chi connectivity index (χ3n) is 6.33. The molecule has 7 nitrogen and oxygen atoms in total. The molecule has 0 spiro atoms. The van der Waals surface area contributed by atoms with Crippen LogP contribution in [0, 0.1) is 0 Å². The molecule has 1 amide bonds. The Morgan fingerprint density at radius 1 is 0.909 bits per heavy atom. The Morgan fingerprint density at radius 2 is 1.64 bits per heavy atom. The zero-order chi connectivity index (χ0) is 22.4. The van der Waals surface area contributed by atoms with E-state index in [4.69, 9.17) is 21.6 Å². The average Bonchev–Trinajstić information content (AvgIpc) is 3.63. The zero-order valence-electron chi connectivity index (χ0n) is 18.1. The van der Waals surface area contributed by atoms with Crippen LogP contribution in [-0.2, 0) is 0 Å². The molecule has 3 heterocycles. The topological polar surface area (TPSA) is 67.2 Å². The highest BCUT2D eigenvalue weighted by atomic mass is 35.5. The van der Waals surface area contributed by atoms with Gasteiger partial charge in [-0.2, -0.15) is 5.10 Å². The first kappa shape index (κ1) is 20.2. The molecule has 6 rings (SSSR count). The molecule has 2 aliphatic rings. The molecule has 0 unspecified atom stereocenters. The molecule has 2 aromatic heterocycles. The van der Waals surface area contributed by atoms with E-state index < -0.39 is 0 Å². The van der Waals surface area contributed by atoms with E-state index >= 15 is 0 Å². The summed E-state index contributed by atoms with van der Waals surface area (Å²) < 4.78 is 1.90. The molecular formula is C25H23ClN6O. The molecule has 2 aromatic carbocycles. The molecule has 166 valence electrons. The number of rotatable bonds is 4. The number of hydrogen-bond donors (Lipinski definition) is 0. The average molecular weight is 459 g/mol. The lowest BCUT2D eigenvalue weighted by atomic mass is 10.2. The summed E-state index contributed by atoms with van der Waals surface area (Å²) in [5, 5.41) is 6.22. The van der Waals surface area contributed by atoms with Crippen molar-refractivity contribution in [3.63, 3.8) is 0 Å². The minimum Gasteiger partial charge on any atom is -0.352 e. The van der Waals surface area contributed by atoms with Crippen LogP contribution in [0.15, 0.2) is 60.8 Å². The molecular weight excluding hydrogens is 436 g/mol. The highest BCUT2D eigenvalue weighted by molar-refractivity contribution is 6.30. The van der Waals surface area contributed by atoms with Gasteiger partial charge in [-0.1, -0.05) is 29.8 Å². The number of hydrogen-bond acceptors (Lipinski definition) is 5. The first-order valence-electron chi connectivity index (χ1n) is 11.3. The van der Waals surface area contributed by atoms with Crippen molar-refractivity contribution in [3.8, 4) is 5.69 Å². The summed E-state index contributed by atoms with van der Waals surface area (Å²) >= 11 is 5.97. The number of halogens is 1. The van der Waals surface area contributed by atoms with E-state index in [2.05, 4.69) is 10.00 Å². The van der Waals surface area contributed by atoms with Crippen molar-refractivity contribution in [1.29, 1.82) is 0 Å². The second-order valence-corrected chi connectivity index (χ2v) is 9.03. The number of fused-ring (bicyclic) bond motifs is 1. The van der Waals surface area contributed by atoms with Crippen LogP contribution in [0.4, 0.5) is 5.82 Å². The maximum absolute atomic E-state index is 12.9. The molecule has 1 saturated carbocycles. The van der Waals surface area contributed by atoms with Gasteiger partial charge in [0.2, 0.25) is 0 Å².